The van der Waals surface area contributed by atoms with Gasteiger partial charge in [-0.25, -0.2) is 0 Å². The second-order valence-electron chi connectivity index (χ2n) is 5.45. The van der Waals surface area contributed by atoms with Crippen LogP contribution in [-0.2, 0) is 4.79 Å². The third-order valence-corrected chi connectivity index (χ3v) is 3.43. The first-order valence-corrected chi connectivity index (χ1v) is 7.31. The Labute approximate surface area is 136 Å². The molecule has 23 heavy (non-hydrogen) atoms. The summed E-state index contributed by atoms with van der Waals surface area (Å²) in [5, 5.41) is 14.9. The van der Waals surface area contributed by atoms with Gasteiger partial charge in [0.1, 0.15) is 11.6 Å². The van der Waals surface area contributed by atoms with Crippen molar-refractivity contribution >= 4 is 17.3 Å². The van der Waals surface area contributed by atoms with Gasteiger partial charge in [-0.1, -0.05) is 35.4 Å². The second-order valence-corrected chi connectivity index (χ2v) is 5.45. The van der Waals surface area contributed by atoms with Gasteiger partial charge < -0.3 is 10.6 Å². The number of nitrogens with one attached hydrogen (secondary N) is 2. The summed E-state index contributed by atoms with van der Waals surface area (Å²) in [4.78, 5) is 12.1. The lowest BCUT2D eigenvalue weighted by molar-refractivity contribution is -0.112. The Bertz CT molecular complexity index is 783. The number of nitriles is 1. The zero-order chi connectivity index (χ0) is 16.8. The zero-order valence-electron chi connectivity index (χ0n) is 13.5. The molecule has 4 nitrogen and oxygen atoms in total. The maximum atomic E-state index is 12.1. The van der Waals surface area contributed by atoms with E-state index in [1.807, 2.05) is 57.2 Å². The number of carbonyl (C=O) groups excluding carboxylic acids is 1. The number of hydrogen-bond donors (Lipinski definition) is 2. The van der Waals surface area contributed by atoms with Gasteiger partial charge in [0.25, 0.3) is 5.91 Å². The summed E-state index contributed by atoms with van der Waals surface area (Å²) in [5.41, 5.74) is 4.87. The lowest BCUT2D eigenvalue weighted by atomic mass is 10.1. The van der Waals surface area contributed by atoms with Crippen LogP contribution in [-0.4, -0.2) is 5.91 Å². The van der Waals surface area contributed by atoms with Crippen LogP contribution in [0, 0.1) is 32.1 Å². The summed E-state index contributed by atoms with van der Waals surface area (Å²) < 4.78 is 0. The van der Waals surface area contributed by atoms with Gasteiger partial charge >= 0.3 is 0 Å². The average molecular weight is 305 g/mol. The topological polar surface area (TPSA) is 64.9 Å². The lowest BCUT2D eigenvalue weighted by Crippen LogP contribution is -2.14. The van der Waals surface area contributed by atoms with E-state index >= 15 is 0 Å². The minimum absolute atomic E-state index is 0.0190. The van der Waals surface area contributed by atoms with E-state index in [2.05, 4.69) is 10.6 Å². The average Bonchev–Trinajstić information content (AvgIpc) is 2.52. The minimum Gasteiger partial charge on any atom is -0.360 e. The fourth-order valence-electron chi connectivity index (χ4n) is 2.11. The van der Waals surface area contributed by atoms with Crippen LogP contribution in [0.15, 0.2) is 54.2 Å². The van der Waals surface area contributed by atoms with Gasteiger partial charge in [0.05, 0.1) is 0 Å². The molecule has 0 aliphatic carbocycles. The van der Waals surface area contributed by atoms with Gasteiger partial charge in [0, 0.05) is 17.6 Å². The molecule has 0 aliphatic rings. The lowest BCUT2D eigenvalue weighted by Gasteiger charge is -2.08. The number of carbonyl (C=O) groups is 1. The molecule has 116 valence electrons. The highest BCUT2D eigenvalue weighted by Gasteiger charge is 2.09. The van der Waals surface area contributed by atoms with Crippen molar-refractivity contribution in [3.8, 4) is 6.07 Å². The van der Waals surface area contributed by atoms with Crippen LogP contribution in [0.3, 0.4) is 0 Å². The van der Waals surface area contributed by atoms with Gasteiger partial charge in [-0.2, -0.15) is 5.26 Å². The number of benzene rings is 2. The molecule has 2 N–H and O–H groups in total. The van der Waals surface area contributed by atoms with Gasteiger partial charge in [0.2, 0.25) is 0 Å². The van der Waals surface area contributed by atoms with Crippen molar-refractivity contribution in [2.24, 2.45) is 0 Å². The van der Waals surface area contributed by atoms with Crippen LogP contribution in [0.25, 0.3) is 0 Å². The van der Waals surface area contributed by atoms with Crippen LogP contribution in [0.2, 0.25) is 0 Å². The Morgan fingerprint density at radius 2 is 1.70 bits per heavy atom. The number of aryl methyl sites for hydroxylation is 3. The predicted molar refractivity (Wildman–Crippen MR) is 93.0 cm³/mol. The summed E-state index contributed by atoms with van der Waals surface area (Å²) >= 11 is 0. The van der Waals surface area contributed by atoms with Crippen molar-refractivity contribution in [3.63, 3.8) is 0 Å². The molecule has 0 aromatic heterocycles. The summed E-state index contributed by atoms with van der Waals surface area (Å²) in [5.74, 6) is -0.436. The second kappa shape index (κ2) is 7.28. The Morgan fingerprint density at radius 3 is 2.30 bits per heavy atom. The molecule has 2 aromatic carbocycles. The number of hydrogen-bond acceptors (Lipinski definition) is 3. The number of nitrogens with zero attached hydrogens (tertiary/aromatic N) is 1. The molecule has 0 aliphatic heterocycles. The molecule has 2 aromatic rings. The first-order chi connectivity index (χ1) is 11.0. The highest BCUT2D eigenvalue weighted by Crippen LogP contribution is 2.16. The monoisotopic (exact) mass is 305 g/mol. The van der Waals surface area contributed by atoms with Gasteiger partial charge in [-0.15, -0.1) is 0 Å². The molecule has 0 fully saturated rings. The molecule has 1 amide bonds. The SMILES string of the molecule is Cc1ccc(NC(=O)/C(C#N)=C\Nc2ccc(C)cc2C)cc1. The molecule has 4 heteroatoms. The largest absolute Gasteiger partial charge is 0.360 e. The quantitative estimate of drug-likeness (QED) is 0.661. The Morgan fingerprint density at radius 1 is 1.04 bits per heavy atom. The van der Waals surface area contributed by atoms with E-state index in [0.717, 1.165) is 22.4 Å². The van der Waals surface area contributed by atoms with Crippen molar-refractivity contribution in [3.05, 3.63) is 70.9 Å². The molecular weight excluding hydrogens is 286 g/mol. The van der Waals surface area contributed by atoms with E-state index in [9.17, 15) is 10.1 Å². The highest BCUT2D eigenvalue weighted by molar-refractivity contribution is 6.06. The van der Waals surface area contributed by atoms with Gasteiger partial charge in [0.15, 0.2) is 0 Å². The molecule has 0 spiro atoms. The van der Waals surface area contributed by atoms with Crippen molar-refractivity contribution < 1.29 is 4.79 Å². The molecule has 0 heterocycles. The van der Waals surface area contributed by atoms with Crippen LogP contribution in [0.1, 0.15) is 16.7 Å². The Kier molecular flexibility index (Phi) is 5.16. The summed E-state index contributed by atoms with van der Waals surface area (Å²) in [7, 11) is 0. The van der Waals surface area contributed by atoms with Crippen LogP contribution in [0.4, 0.5) is 11.4 Å². The molecule has 2 rings (SSSR count). The Hall–Kier alpha value is -3.06. The fraction of sp³-hybridized carbons (Fsp3) is 0.158. The fourth-order valence-corrected chi connectivity index (χ4v) is 2.11. The maximum Gasteiger partial charge on any atom is 0.267 e. The minimum atomic E-state index is -0.436. The summed E-state index contributed by atoms with van der Waals surface area (Å²) in [6.07, 6.45) is 1.43. The van der Waals surface area contributed by atoms with Crippen LogP contribution < -0.4 is 10.6 Å². The maximum absolute atomic E-state index is 12.1. The van der Waals surface area contributed by atoms with Gasteiger partial charge in [-0.3, -0.25) is 4.79 Å². The standard InChI is InChI=1S/C19H19N3O/c1-13-4-7-17(8-5-13)22-19(23)16(11-20)12-21-18-9-6-14(2)10-15(18)3/h4-10,12,21H,1-3H3,(H,22,23)/b16-12-. The molecule has 0 saturated heterocycles. The highest BCUT2D eigenvalue weighted by atomic mass is 16.1. The predicted octanol–water partition coefficient (Wildman–Crippen LogP) is 4.07. The molecule has 0 bridgehead atoms. The third kappa shape index (κ3) is 4.45. The van der Waals surface area contributed by atoms with E-state index in [4.69, 9.17) is 0 Å². The molecule has 0 unspecified atom stereocenters. The van der Waals surface area contributed by atoms with E-state index in [1.165, 1.54) is 6.20 Å². The Balaban J connectivity index is 2.10. The normalized spacial score (nSPS) is 10.8. The van der Waals surface area contributed by atoms with Crippen molar-refractivity contribution in [2.75, 3.05) is 10.6 Å². The number of anilines is 2. The van der Waals surface area contributed by atoms with Gasteiger partial charge in [-0.05, 0) is 44.5 Å². The molecular formula is C19H19N3O. The van der Waals surface area contributed by atoms with Crippen LogP contribution in [0.5, 0.6) is 0 Å². The first-order valence-electron chi connectivity index (χ1n) is 7.31. The van der Waals surface area contributed by atoms with E-state index in [-0.39, 0.29) is 5.57 Å². The summed E-state index contributed by atoms with van der Waals surface area (Å²) in [6, 6.07) is 15.3. The van der Waals surface area contributed by atoms with E-state index in [1.54, 1.807) is 12.1 Å². The van der Waals surface area contributed by atoms with E-state index < -0.39 is 5.91 Å². The number of amides is 1. The first kappa shape index (κ1) is 16.3. The summed E-state index contributed by atoms with van der Waals surface area (Å²) in [6.45, 7) is 5.96. The molecule has 0 radical (unpaired) electrons. The molecule has 0 atom stereocenters. The zero-order valence-corrected chi connectivity index (χ0v) is 13.5. The van der Waals surface area contributed by atoms with E-state index in [0.29, 0.717) is 5.69 Å². The third-order valence-electron chi connectivity index (χ3n) is 3.43. The van der Waals surface area contributed by atoms with Crippen molar-refractivity contribution in [2.45, 2.75) is 20.8 Å². The van der Waals surface area contributed by atoms with Crippen molar-refractivity contribution in [1.82, 2.24) is 0 Å². The van der Waals surface area contributed by atoms with Crippen molar-refractivity contribution in [1.29, 1.82) is 5.26 Å². The number of rotatable bonds is 4. The molecule has 0 saturated carbocycles. The smallest absolute Gasteiger partial charge is 0.267 e. The van der Waals surface area contributed by atoms with Crippen LogP contribution >= 0.6 is 0 Å².